The van der Waals surface area contributed by atoms with Crippen molar-refractivity contribution in [3.63, 3.8) is 0 Å². The number of allylic oxidation sites excluding steroid dienone is 2. The molecule has 0 saturated heterocycles. The third-order valence-corrected chi connectivity index (χ3v) is 15.0. The fourth-order valence-electron chi connectivity index (χ4n) is 11.8. The summed E-state index contributed by atoms with van der Waals surface area (Å²) in [5, 5.41) is 7.74. The lowest BCUT2D eigenvalue weighted by Crippen LogP contribution is -2.30. The van der Waals surface area contributed by atoms with Crippen LogP contribution in [-0.2, 0) is 5.41 Å². The molecule has 2 aliphatic carbocycles. The number of aromatic nitrogens is 2. The van der Waals surface area contributed by atoms with E-state index >= 15 is 0 Å². The van der Waals surface area contributed by atoms with Gasteiger partial charge in [0.2, 0.25) is 0 Å². The Morgan fingerprint density at radius 2 is 1.03 bits per heavy atom. The van der Waals surface area contributed by atoms with Crippen LogP contribution in [0, 0.1) is 0 Å². The lowest BCUT2D eigenvalue weighted by Gasteiger charge is -2.34. The van der Waals surface area contributed by atoms with Crippen molar-refractivity contribution in [2.75, 3.05) is 4.90 Å². The smallest absolute Gasteiger partial charge is 0.0620 e. The summed E-state index contributed by atoms with van der Waals surface area (Å²) in [4.78, 5) is 2.57. The Bertz CT molecular complexity index is 3910. The average Bonchev–Trinajstić information content (AvgIpc) is 4.07. The molecule has 3 nitrogen and oxygen atoms in total. The standard InChI is InChI=1S/C63H45N3/c1-63(2)56-20-10-6-16-48(56)49-34-33-47(39-57(49)63)64(45-29-24-40(25-30-45)42-28-35-61-53(36-42)50-17-7-11-21-58(50)65(61)44-14-4-3-5-15-44)46-31-26-41(27-32-46)43-37-54-51-18-8-12-22-59(51)66-60-23-13-9-19-52(60)55(38-43)62(54)66/h3-29,31-39,45H,30H2,1-2H3. The fraction of sp³-hybridized carbons (Fsp3) is 0.0794. The van der Waals surface area contributed by atoms with E-state index in [2.05, 4.69) is 246 Å². The van der Waals surface area contributed by atoms with E-state index < -0.39 is 0 Å². The minimum absolute atomic E-state index is 0.100. The van der Waals surface area contributed by atoms with E-state index in [1.807, 2.05) is 0 Å². The Hall–Kier alpha value is -8.14. The molecule has 12 aromatic rings. The van der Waals surface area contributed by atoms with Gasteiger partial charge in [-0.05, 0) is 130 Å². The van der Waals surface area contributed by atoms with Gasteiger partial charge in [-0.25, -0.2) is 0 Å². The van der Waals surface area contributed by atoms with Gasteiger partial charge in [-0.3, -0.25) is 0 Å². The maximum atomic E-state index is 2.57. The second-order valence-corrected chi connectivity index (χ2v) is 18.8. The van der Waals surface area contributed by atoms with E-state index in [0.717, 1.165) is 6.42 Å². The summed E-state index contributed by atoms with van der Waals surface area (Å²) in [7, 11) is 0. The zero-order valence-corrected chi connectivity index (χ0v) is 36.9. The Kier molecular flexibility index (Phi) is 7.86. The number of para-hydroxylation sites is 4. The molecule has 3 heteroatoms. The molecule has 0 saturated carbocycles. The first kappa shape index (κ1) is 37.3. The Balaban J connectivity index is 0.862. The second kappa shape index (κ2) is 13.9. The fourth-order valence-corrected chi connectivity index (χ4v) is 11.8. The van der Waals surface area contributed by atoms with Gasteiger partial charge < -0.3 is 13.9 Å². The molecule has 0 aliphatic heterocycles. The molecule has 66 heavy (non-hydrogen) atoms. The van der Waals surface area contributed by atoms with Crippen LogP contribution in [0.4, 0.5) is 11.4 Å². The van der Waals surface area contributed by atoms with Gasteiger partial charge in [0.05, 0.1) is 33.6 Å². The predicted octanol–water partition coefficient (Wildman–Crippen LogP) is 16.5. The van der Waals surface area contributed by atoms with E-state index in [4.69, 9.17) is 0 Å². The summed E-state index contributed by atoms with van der Waals surface area (Å²) in [5.41, 5.74) is 20.2. The molecule has 3 aromatic heterocycles. The summed E-state index contributed by atoms with van der Waals surface area (Å²) in [5.74, 6) is 0. The minimum atomic E-state index is -0.100. The number of nitrogens with zero attached hydrogens (tertiary/aromatic N) is 3. The molecule has 0 bridgehead atoms. The number of hydrogen-bond donors (Lipinski definition) is 0. The average molecular weight is 844 g/mol. The third-order valence-electron chi connectivity index (χ3n) is 15.0. The van der Waals surface area contributed by atoms with Gasteiger partial charge >= 0.3 is 0 Å². The van der Waals surface area contributed by atoms with E-state index in [-0.39, 0.29) is 11.5 Å². The number of fused-ring (bicyclic) bond motifs is 12. The molecular formula is C63H45N3. The first-order valence-electron chi connectivity index (χ1n) is 23.3. The SMILES string of the molecule is CC1(C)c2ccccc2-c2ccc(N(c3ccc(-c4cc5c6ccccc6n6c7ccccc7c(c4)c56)cc3)C3C=CC(c4ccc5c(c4)c4ccccc4n5-c4ccccc4)=CC3)cc21. The molecule has 0 fully saturated rings. The van der Waals surface area contributed by atoms with Crippen LogP contribution in [-0.4, -0.2) is 15.0 Å². The molecule has 0 radical (unpaired) electrons. The van der Waals surface area contributed by atoms with E-state index in [0.29, 0.717) is 0 Å². The molecule has 14 rings (SSSR count). The first-order chi connectivity index (χ1) is 32.5. The highest BCUT2D eigenvalue weighted by molar-refractivity contribution is 6.24. The van der Waals surface area contributed by atoms with Crippen molar-refractivity contribution in [3.8, 4) is 27.9 Å². The van der Waals surface area contributed by atoms with Crippen molar-refractivity contribution in [3.05, 3.63) is 235 Å². The molecule has 1 unspecified atom stereocenters. The molecule has 0 amide bonds. The van der Waals surface area contributed by atoms with Crippen LogP contribution in [0.25, 0.3) is 93.4 Å². The van der Waals surface area contributed by atoms with Crippen molar-refractivity contribution in [2.45, 2.75) is 31.7 Å². The lowest BCUT2D eigenvalue weighted by molar-refractivity contribution is 0.659. The summed E-state index contributed by atoms with van der Waals surface area (Å²) >= 11 is 0. The molecular weight excluding hydrogens is 799 g/mol. The van der Waals surface area contributed by atoms with E-state index in [1.54, 1.807) is 0 Å². The molecule has 9 aromatic carbocycles. The van der Waals surface area contributed by atoms with Gasteiger partial charge in [0.15, 0.2) is 0 Å². The quantitative estimate of drug-likeness (QED) is 0.162. The molecule has 3 heterocycles. The van der Waals surface area contributed by atoms with Gasteiger partial charge in [-0.2, -0.15) is 0 Å². The molecule has 0 spiro atoms. The maximum absolute atomic E-state index is 2.57. The van der Waals surface area contributed by atoms with Gasteiger partial charge in [0, 0.05) is 54.8 Å². The van der Waals surface area contributed by atoms with Crippen LogP contribution in [0.3, 0.4) is 0 Å². The molecule has 1 atom stereocenters. The highest BCUT2D eigenvalue weighted by atomic mass is 15.2. The monoisotopic (exact) mass is 843 g/mol. The van der Waals surface area contributed by atoms with Crippen LogP contribution in [0.2, 0.25) is 0 Å². The highest BCUT2D eigenvalue weighted by Crippen LogP contribution is 2.51. The molecule has 2 aliphatic rings. The van der Waals surface area contributed by atoms with E-state index in [1.165, 1.54) is 121 Å². The highest BCUT2D eigenvalue weighted by Gasteiger charge is 2.36. The predicted molar refractivity (Wildman–Crippen MR) is 279 cm³/mol. The zero-order chi connectivity index (χ0) is 43.7. The van der Waals surface area contributed by atoms with Crippen molar-refractivity contribution in [1.82, 2.24) is 8.97 Å². The lowest BCUT2D eigenvalue weighted by atomic mass is 9.82. The van der Waals surface area contributed by atoms with Crippen LogP contribution >= 0.6 is 0 Å². The van der Waals surface area contributed by atoms with Gasteiger partial charge in [-0.15, -0.1) is 0 Å². The summed E-state index contributed by atoms with van der Waals surface area (Å²) < 4.78 is 4.84. The maximum Gasteiger partial charge on any atom is 0.0620 e. The number of hydrogen-bond acceptors (Lipinski definition) is 1. The van der Waals surface area contributed by atoms with Gasteiger partial charge in [-0.1, -0.05) is 153 Å². The Morgan fingerprint density at radius 1 is 0.455 bits per heavy atom. The van der Waals surface area contributed by atoms with E-state index in [9.17, 15) is 0 Å². The normalized spacial score (nSPS) is 15.4. The summed E-state index contributed by atoms with van der Waals surface area (Å²) in [6, 6.07) is 74.6. The van der Waals surface area contributed by atoms with Gasteiger partial charge in [0.25, 0.3) is 0 Å². The third kappa shape index (κ3) is 5.31. The van der Waals surface area contributed by atoms with Crippen molar-refractivity contribution >= 4 is 76.8 Å². The summed E-state index contributed by atoms with van der Waals surface area (Å²) in [6.07, 6.45) is 8.11. The van der Waals surface area contributed by atoms with Crippen LogP contribution in [0.5, 0.6) is 0 Å². The molecule has 312 valence electrons. The van der Waals surface area contributed by atoms with Crippen molar-refractivity contribution in [2.24, 2.45) is 0 Å². The summed E-state index contributed by atoms with van der Waals surface area (Å²) in [6.45, 7) is 4.75. The van der Waals surface area contributed by atoms with Crippen molar-refractivity contribution in [1.29, 1.82) is 0 Å². The van der Waals surface area contributed by atoms with Crippen molar-refractivity contribution < 1.29 is 0 Å². The minimum Gasteiger partial charge on any atom is -0.334 e. The Morgan fingerprint density at radius 3 is 1.74 bits per heavy atom. The number of anilines is 2. The first-order valence-corrected chi connectivity index (χ1v) is 23.3. The second-order valence-electron chi connectivity index (χ2n) is 18.8. The topological polar surface area (TPSA) is 12.6 Å². The largest absolute Gasteiger partial charge is 0.334 e. The van der Waals surface area contributed by atoms with Crippen LogP contribution in [0.15, 0.2) is 218 Å². The Labute approximate surface area is 383 Å². The number of benzene rings is 9. The number of rotatable bonds is 6. The zero-order valence-electron chi connectivity index (χ0n) is 36.9. The van der Waals surface area contributed by atoms with Gasteiger partial charge in [0.1, 0.15) is 0 Å². The van der Waals surface area contributed by atoms with Crippen LogP contribution in [0.1, 0.15) is 37.0 Å². The molecule has 0 N–H and O–H groups in total. The van der Waals surface area contributed by atoms with Crippen LogP contribution < -0.4 is 4.90 Å².